The second kappa shape index (κ2) is 12.5. The van der Waals surface area contributed by atoms with Crippen LogP contribution in [0.5, 0.6) is 0 Å². The van der Waals surface area contributed by atoms with Crippen LogP contribution in [0, 0.1) is 0 Å². The molecule has 96 valence electrons. The van der Waals surface area contributed by atoms with Crippen molar-refractivity contribution in [2.75, 3.05) is 0 Å². The Morgan fingerprint density at radius 3 is 1.81 bits per heavy atom. The molecule has 0 aromatic rings. The number of carboxylic acids is 1. The van der Waals surface area contributed by atoms with E-state index in [-0.39, 0.29) is 6.40 Å². The van der Waals surface area contributed by atoms with Crippen LogP contribution < -0.4 is 0 Å². The van der Waals surface area contributed by atoms with Gasteiger partial charge in [-0.2, -0.15) is 0 Å². The molecule has 0 spiro atoms. The zero-order valence-corrected chi connectivity index (χ0v) is 10.7. The van der Waals surface area contributed by atoms with Crippen LogP contribution >= 0.6 is 0 Å². The summed E-state index contributed by atoms with van der Waals surface area (Å²) in [6.07, 6.45) is 11.8. The van der Waals surface area contributed by atoms with Gasteiger partial charge in [-0.15, -0.1) is 0 Å². The predicted molar refractivity (Wildman–Crippen MR) is 68.7 cm³/mol. The number of rotatable bonds is 12. The molecule has 1 N–H and O–H groups in total. The maximum Gasteiger partial charge on any atom is 0.303 e. The molecule has 16 heavy (non-hydrogen) atoms. The van der Waals surface area contributed by atoms with Crippen molar-refractivity contribution in [3.05, 3.63) is 0 Å². The molecule has 0 saturated heterocycles. The molecule has 2 heteroatoms. The third kappa shape index (κ3) is 13.5. The van der Waals surface area contributed by atoms with E-state index in [2.05, 4.69) is 6.92 Å². The van der Waals surface area contributed by atoms with Gasteiger partial charge in [0, 0.05) is 7.79 Å². The summed E-state index contributed by atoms with van der Waals surface area (Å²) in [5.41, 5.74) is 0. The Labute approximate surface area is 102 Å². The van der Waals surface area contributed by atoms with Gasteiger partial charge in [-0.3, -0.25) is 4.79 Å². The highest BCUT2D eigenvalue weighted by molar-refractivity contribution is 5.66. The normalized spacial score (nSPS) is 13.4. The summed E-state index contributed by atoms with van der Waals surface area (Å²) in [5, 5.41) is 8.46. The number of carbonyl (C=O) groups is 1. The lowest BCUT2D eigenvalue weighted by Gasteiger charge is -2.01. The fourth-order valence-electron chi connectivity index (χ4n) is 1.83. The van der Waals surface area contributed by atoms with Crippen LogP contribution in [0.2, 0.25) is 0 Å². The minimum absolute atomic E-state index is 0.144. The van der Waals surface area contributed by atoms with Gasteiger partial charge < -0.3 is 5.11 Å². The number of hydrogen-bond donors (Lipinski definition) is 1. The van der Waals surface area contributed by atoms with Crippen molar-refractivity contribution in [2.45, 2.75) is 83.9 Å². The first kappa shape index (κ1) is 13.5. The molecule has 0 heterocycles. The minimum atomic E-state index is -0.675. The van der Waals surface area contributed by atoms with Gasteiger partial charge in [0.15, 0.2) is 0 Å². The molecule has 0 aliphatic carbocycles. The molecule has 0 aromatic heterocycles. The fraction of sp³-hybridized carbons (Fsp3) is 0.929. The van der Waals surface area contributed by atoms with Gasteiger partial charge >= 0.3 is 5.97 Å². The van der Waals surface area contributed by atoms with Crippen LogP contribution in [0.1, 0.15) is 85.3 Å². The fourth-order valence-corrected chi connectivity index (χ4v) is 1.83. The van der Waals surface area contributed by atoms with Crippen molar-refractivity contribution in [3.8, 4) is 0 Å². The number of aliphatic carboxylic acids is 1. The van der Waals surface area contributed by atoms with Gasteiger partial charge in [0.25, 0.3) is 0 Å². The Balaban J connectivity index is 3.01. The van der Waals surface area contributed by atoms with E-state index in [9.17, 15) is 4.79 Å². The topological polar surface area (TPSA) is 37.3 Å². The van der Waals surface area contributed by atoms with E-state index < -0.39 is 5.97 Å². The standard InChI is InChI=1S/C14H28O2/c1-2-3-4-5-6-7-8-9-10-11-12-13-14(15)16/h2-13H2,1H3,(H,15,16)/i3D. The van der Waals surface area contributed by atoms with E-state index in [4.69, 9.17) is 6.48 Å². The summed E-state index contributed by atoms with van der Waals surface area (Å²) < 4.78 is 7.60. The van der Waals surface area contributed by atoms with Crippen LogP contribution in [0.15, 0.2) is 0 Å². The second-order valence-electron chi connectivity index (χ2n) is 4.46. The quantitative estimate of drug-likeness (QED) is 0.489. The smallest absolute Gasteiger partial charge is 0.303 e. The van der Waals surface area contributed by atoms with Crippen LogP contribution in [0.3, 0.4) is 0 Å². The van der Waals surface area contributed by atoms with Crippen molar-refractivity contribution in [1.82, 2.24) is 0 Å². The summed E-state index contributed by atoms with van der Waals surface area (Å²) >= 11 is 0. The summed E-state index contributed by atoms with van der Waals surface area (Å²) in [4.78, 5) is 10.3. The zero-order valence-electron chi connectivity index (χ0n) is 11.7. The average Bonchev–Trinajstić information content (AvgIpc) is 2.30. The predicted octanol–water partition coefficient (Wildman–Crippen LogP) is 4.77. The first-order valence-electron chi connectivity index (χ1n) is 7.38. The van der Waals surface area contributed by atoms with Crippen LogP contribution in [0.4, 0.5) is 0 Å². The molecule has 2 nitrogen and oxygen atoms in total. The minimum Gasteiger partial charge on any atom is -0.481 e. The van der Waals surface area contributed by atoms with Crippen molar-refractivity contribution >= 4 is 5.97 Å². The number of hydrogen-bond acceptors (Lipinski definition) is 1. The third-order valence-corrected chi connectivity index (χ3v) is 2.84. The molecule has 0 aromatic carbocycles. The van der Waals surface area contributed by atoms with E-state index in [0.29, 0.717) is 6.42 Å². The highest BCUT2D eigenvalue weighted by Crippen LogP contribution is 2.11. The van der Waals surface area contributed by atoms with Crippen LogP contribution in [0.25, 0.3) is 0 Å². The average molecular weight is 229 g/mol. The lowest BCUT2D eigenvalue weighted by atomic mass is 10.1. The number of unbranched alkanes of at least 4 members (excludes halogenated alkanes) is 7. The molecule has 1 atom stereocenters. The van der Waals surface area contributed by atoms with E-state index in [1.807, 2.05) is 0 Å². The Morgan fingerprint density at radius 2 is 1.38 bits per heavy atom. The van der Waals surface area contributed by atoms with Gasteiger partial charge in [0.2, 0.25) is 0 Å². The summed E-state index contributed by atoms with van der Waals surface area (Å²) in [5.74, 6) is -0.675. The molecule has 0 radical (unpaired) electrons. The molecular formula is C14H28O2. The van der Waals surface area contributed by atoms with Gasteiger partial charge in [0.05, 0.1) is 0 Å². The Kier molecular flexibility index (Phi) is 10.6. The largest absolute Gasteiger partial charge is 0.481 e. The van der Waals surface area contributed by atoms with Gasteiger partial charge in [-0.05, 0) is 6.42 Å². The maximum absolute atomic E-state index is 10.3. The van der Waals surface area contributed by atoms with Gasteiger partial charge in [-0.1, -0.05) is 71.1 Å². The molecule has 0 fully saturated rings. The Morgan fingerprint density at radius 1 is 0.938 bits per heavy atom. The van der Waals surface area contributed by atoms with Crippen molar-refractivity contribution in [2.24, 2.45) is 0 Å². The van der Waals surface area contributed by atoms with E-state index in [0.717, 1.165) is 25.7 Å². The van der Waals surface area contributed by atoms with Gasteiger partial charge in [-0.25, -0.2) is 0 Å². The maximum atomic E-state index is 10.3. The molecule has 1 unspecified atom stereocenters. The molecule has 0 aliphatic heterocycles. The molecule has 0 rings (SSSR count). The highest BCUT2D eigenvalue weighted by Gasteiger charge is 1.96. The molecule has 0 bridgehead atoms. The highest BCUT2D eigenvalue weighted by atomic mass is 16.4. The second-order valence-corrected chi connectivity index (χ2v) is 4.46. The molecular weight excluding hydrogens is 200 g/mol. The number of carboxylic acid groups (broad SMARTS) is 1. The van der Waals surface area contributed by atoms with Crippen molar-refractivity contribution in [3.63, 3.8) is 0 Å². The Hall–Kier alpha value is -0.530. The van der Waals surface area contributed by atoms with Crippen LogP contribution in [-0.2, 0) is 4.79 Å². The molecule has 0 amide bonds. The Bertz CT molecular complexity index is 183. The molecule has 0 aliphatic rings. The lowest BCUT2D eigenvalue weighted by Crippen LogP contribution is -1.93. The monoisotopic (exact) mass is 229 g/mol. The van der Waals surface area contributed by atoms with E-state index in [1.165, 1.54) is 38.5 Å². The first-order chi connectivity index (χ1) is 8.16. The molecule has 0 saturated carbocycles. The summed E-state index contributed by atoms with van der Waals surface area (Å²) in [7, 11) is 0. The van der Waals surface area contributed by atoms with Crippen molar-refractivity contribution < 1.29 is 11.3 Å². The van der Waals surface area contributed by atoms with Gasteiger partial charge in [0.1, 0.15) is 0 Å². The lowest BCUT2D eigenvalue weighted by molar-refractivity contribution is -0.137. The van der Waals surface area contributed by atoms with Crippen LogP contribution in [-0.4, -0.2) is 11.1 Å². The van der Waals surface area contributed by atoms with E-state index in [1.54, 1.807) is 0 Å². The van der Waals surface area contributed by atoms with E-state index >= 15 is 0 Å². The van der Waals surface area contributed by atoms with Crippen molar-refractivity contribution in [1.29, 1.82) is 0 Å². The SMILES string of the molecule is [2H]C(CC)CCCCCCCCCCC(=O)O. The summed E-state index contributed by atoms with van der Waals surface area (Å²) in [6, 6.07) is 0. The third-order valence-electron chi connectivity index (χ3n) is 2.84. The zero-order chi connectivity index (χ0) is 12.9. The first-order valence-corrected chi connectivity index (χ1v) is 6.80. The summed E-state index contributed by atoms with van der Waals surface area (Å²) in [6.45, 7) is 2.08.